The number of ether oxygens (including phenoxy) is 3. The minimum atomic E-state index is -0.498. The van der Waals surface area contributed by atoms with E-state index in [1.54, 1.807) is 18.2 Å². The standard InChI is InChI=1S/C19H22FN3O4/c1-25-16-5-3-4-15(17(16)26-2)18(24)23-13-6-8-14(9-7-13)27-19-21-10-12(20)11-22-19/h3-5,10-11,13-14H,6-9H2,1-2H3,(H,23,24). The van der Waals surface area contributed by atoms with Crippen molar-refractivity contribution in [3.63, 3.8) is 0 Å². The summed E-state index contributed by atoms with van der Waals surface area (Å²) in [5, 5.41) is 3.04. The van der Waals surface area contributed by atoms with E-state index in [0.29, 0.717) is 17.1 Å². The number of halogens is 1. The van der Waals surface area contributed by atoms with Gasteiger partial charge in [-0.05, 0) is 37.8 Å². The summed E-state index contributed by atoms with van der Waals surface area (Å²) in [5.41, 5.74) is 0.440. The number of benzene rings is 1. The molecule has 0 spiro atoms. The second kappa shape index (κ2) is 8.66. The van der Waals surface area contributed by atoms with Crippen molar-refractivity contribution >= 4 is 5.91 Å². The zero-order valence-corrected chi connectivity index (χ0v) is 15.3. The van der Waals surface area contributed by atoms with Crippen molar-refractivity contribution in [1.82, 2.24) is 15.3 Å². The van der Waals surface area contributed by atoms with Gasteiger partial charge < -0.3 is 19.5 Å². The number of hydrogen-bond acceptors (Lipinski definition) is 6. The number of methoxy groups -OCH3 is 2. The van der Waals surface area contributed by atoms with Crippen LogP contribution in [0.2, 0.25) is 0 Å². The van der Waals surface area contributed by atoms with Gasteiger partial charge >= 0.3 is 6.01 Å². The van der Waals surface area contributed by atoms with E-state index >= 15 is 0 Å². The number of carbonyl (C=O) groups is 1. The first-order valence-corrected chi connectivity index (χ1v) is 8.76. The van der Waals surface area contributed by atoms with Crippen LogP contribution in [0.15, 0.2) is 30.6 Å². The number of carbonyl (C=O) groups excluding carboxylic acids is 1. The van der Waals surface area contributed by atoms with Crippen molar-refractivity contribution in [2.24, 2.45) is 0 Å². The molecule has 0 radical (unpaired) electrons. The molecule has 1 saturated carbocycles. The van der Waals surface area contributed by atoms with E-state index in [-0.39, 0.29) is 24.1 Å². The summed E-state index contributed by atoms with van der Waals surface area (Å²) < 4.78 is 29.1. The Balaban J connectivity index is 1.54. The SMILES string of the molecule is COc1cccc(C(=O)NC2CCC(Oc3ncc(F)cn3)CC2)c1OC. The third-order valence-electron chi connectivity index (χ3n) is 4.53. The van der Waals surface area contributed by atoms with Crippen LogP contribution in [0.5, 0.6) is 17.5 Å². The van der Waals surface area contributed by atoms with Crippen LogP contribution in [0.25, 0.3) is 0 Å². The van der Waals surface area contributed by atoms with E-state index in [0.717, 1.165) is 38.1 Å². The highest BCUT2D eigenvalue weighted by molar-refractivity contribution is 5.98. The van der Waals surface area contributed by atoms with Crippen molar-refractivity contribution < 1.29 is 23.4 Å². The molecule has 27 heavy (non-hydrogen) atoms. The molecule has 1 N–H and O–H groups in total. The largest absolute Gasteiger partial charge is 0.493 e. The lowest BCUT2D eigenvalue weighted by Gasteiger charge is -2.29. The molecule has 144 valence electrons. The normalized spacial score (nSPS) is 19.2. The lowest BCUT2D eigenvalue weighted by Crippen LogP contribution is -2.40. The zero-order chi connectivity index (χ0) is 19.2. The lowest BCUT2D eigenvalue weighted by atomic mass is 9.92. The molecule has 1 amide bonds. The minimum Gasteiger partial charge on any atom is -0.493 e. The van der Waals surface area contributed by atoms with Gasteiger partial charge in [-0.15, -0.1) is 0 Å². The lowest BCUT2D eigenvalue weighted by molar-refractivity contribution is 0.0881. The third-order valence-corrected chi connectivity index (χ3v) is 4.53. The Kier molecular flexibility index (Phi) is 6.05. The maximum Gasteiger partial charge on any atom is 0.316 e. The Morgan fingerprint density at radius 2 is 1.81 bits per heavy atom. The van der Waals surface area contributed by atoms with Crippen LogP contribution < -0.4 is 19.5 Å². The topological polar surface area (TPSA) is 82.6 Å². The number of nitrogens with one attached hydrogen (secondary N) is 1. The van der Waals surface area contributed by atoms with Gasteiger partial charge in [0, 0.05) is 6.04 Å². The maximum atomic E-state index is 12.8. The van der Waals surface area contributed by atoms with Crippen molar-refractivity contribution in [3.8, 4) is 17.5 Å². The molecule has 1 fully saturated rings. The molecule has 1 aromatic carbocycles. The predicted molar refractivity (Wildman–Crippen MR) is 95.7 cm³/mol. The summed E-state index contributed by atoms with van der Waals surface area (Å²) in [6, 6.07) is 5.42. The number of hydrogen-bond donors (Lipinski definition) is 1. The van der Waals surface area contributed by atoms with Crippen LogP contribution in [0, 0.1) is 5.82 Å². The summed E-state index contributed by atoms with van der Waals surface area (Å²) in [6.07, 6.45) is 5.15. The molecule has 0 aliphatic heterocycles. The Hall–Kier alpha value is -2.90. The molecule has 0 bridgehead atoms. The quantitative estimate of drug-likeness (QED) is 0.836. The van der Waals surface area contributed by atoms with Gasteiger partial charge in [0.1, 0.15) is 6.10 Å². The Morgan fingerprint density at radius 1 is 1.11 bits per heavy atom. The van der Waals surface area contributed by atoms with Gasteiger partial charge in [-0.25, -0.2) is 14.4 Å². The molecule has 1 aliphatic rings. The van der Waals surface area contributed by atoms with Gasteiger partial charge in [0.15, 0.2) is 17.3 Å². The number of nitrogens with zero attached hydrogens (tertiary/aromatic N) is 2. The summed E-state index contributed by atoms with van der Waals surface area (Å²) in [5.74, 6) is 0.239. The average molecular weight is 375 g/mol. The van der Waals surface area contributed by atoms with E-state index in [4.69, 9.17) is 14.2 Å². The number of rotatable bonds is 6. The molecule has 1 aliphatic carbocycles. The molecule has 1 heterocycles. The van der Waals surface area contributed by atoms with Crippen LogP contribution in [-0.2, 0) is 0 Å². The van der Waals surface area contributed by atoms with Gasteiger partial charge in [0.25, 0.3) is 5.91 Å². The van der Waals surface area contributed by atoms with E-state index < -0.39 is 5.82 Å². The van der Waals surface area contributed by atoms with Gasteiger partial charge in [0.05, 0.1) is 32.2 Å². The van der Waals surface area contributed by atoms with Gasteiger partial charge in [-0.3, -0.25) is 4.79 Å². The van der Waals surface area contributed by atoms with Crippen molar-refractivity contribution in [1.29, 1.82) is 0 Å². The van der Waals surface area contributed by atoms with Gasteiger partial charge in [-0.2, -0.15) is 0 Å². The van der Waals surface area contributed by atoms with E-state index in [9.17, 15) is 9.18 Å². The molecular weight excluding hydrogens is 353 g/mol. The summed E-state index contributed by atoms with van der Waals surface area (Å²) in [7, 11) is 3.04. The molecule has 1 aromatic heterocycles. The molecule has 0 unspecified atom stereocenters. The van der Waals surface area contributed by atoms with Crippen LogP contribution in [0.1, 0.15) is 36.0 Å². The Bertz CT molecular complexity index is 777. The smallest absolute Gasteiger partial charge is 0.316 e. The van der Waals surface area contributed by atoms with Crippen molar-refractivity contribution in [3.05, 3.63) is 42.0 Å². The molecule has 3 rings (SSSR count). The highest BCUT2D eigenvalue weighted by Gasteiger charge is 2.26. The first kappa shape index (κ1) is 18.9. The molecule has 8 heteroatoms. The highest BCUT2D eigenvalue weighted by Crippen LogP contribution is 2.31. The summed E-state index contributed by atoms with van der Waals surface area (Å²) >= 11 is 0. The van der Waals surface area contributed by atoms with Gasteiger partial charge in [-0.1, -0.05) is 6.07 Å². The summed E-state index contributed by atoms with van der Waals surface area (Å²) in [6.45, 7) is 0. The fourth-order valence-corrected chi connectivity index (χ4v) is 3.16. The molecule has 0 saturated heterocycles. The van der Waals surface area contributed by atoms with E-state index in [1.807, 2.05) is 0 Å². The second-order valence-electron chi connectivity index (χ2n) is 6.29. The fraction of sp³-hybridized carbons (Fsp3) is 0.421. The van der Waals surface area contributed by atoms with Crippen LogP contribution in [-0.4, -0.2) is 42.2 Å². The minimum absolute atomic E-state index is 0.0439. The van der Waals surface area contributed by atoms with Crippen LogP contribution in [0.4, 0.5) is 4.39 Å². The molecule has 7 nitrogen and oxygen atoms in total. The number of para-hydroxylation sites is 1. The first-order chi connectivity index (χ1) is 13.1. The van der Waals surface area contributed by atoms with E-state index in [1.165, 1.54) is 14.2 Å². The number of amides is 1. The van der Waals surface area contributed by atoms with Crippen molar-refractivity contribution in [2.75, 3.05) is 14.2 Å². The zero-order valence-electron chi connectivity index (χ0n) is 15.3. The fourth-order valence-electron chi connectivity index (χ4n) is 3.16. The number of aromatic nitrogens is 2. The first-order valence-electron chi connectivity index (χ1n) is 8.76. The Labute approximate surface area is 156 Å². The third kappa shape index (κ3) is 4.64. The second-order valence-corrected chi connectivity index (χ2v) is 6.29. The molecular formula is C19H22FN3O4. The van der Waals surface area contributed by atoms with Crippen molar-refractivity contribution in [2.45, 2.75) is 37.8 Å². The Morgan fingerprint density at radius 3 is 2.44 bits per heavy atom. The average Bonchev–Trinajstić information content (AvgIpc) is 2.70. The maximum absolute atomic E-state index is 12.8. The molecule has 0 atom stereocenters. The van der Waals surface area contributed by atoms with Gasteiger partial charge in [0.2, 0.25) is 0 Å². The highest BCUT2D eigenvalue weighted by atomic mass is 19.1. The summed E-state index contributed by atoms with van der Waals surface area (Å²) in [4.78, 5) is 20.3. The predicted octanol–water partition coefficient (Wildman–Crippen LogP) is 2.75. The monoisotopic (exact) mass is 375 g/mol. The molecule has 2 aromatic rings. The van der Waals surface area contributed by atoms with Crippen LogP contribution >= 0.6 is 0 Å². The van der Waals surface area contributed by atoms with E-state index in [2.05, 4.69) is 15.3 Å². The van der Waals surface area contributed by atoms with Crippen LogP contribution in [0.3, 0.4) is 0 Å².